The summed E-state index contributed by atoms with van der Waals surface area (Å²) in [5.74, 6) is -14.5. The monoisotopic (exact) mass is 487 g/mol. The molecule has 0 saturated carbocycles. The van der Waals surface area contributed by atoms with E-state index in [1.165, 1.54) is 0 Å². The quantitative estimate of drug-likeness (QED) is 0.164. The number of furan rings is 1. The first kappa shape index (κ1) is 24.1. The number of rotatable bonds is 7. The maximum absolute atomic E-state index is 13.7. The molecule has 15 heteroatoms. The molecule has 0 aliphatic carbocycles. The molecule has 1 heterocycles. The zero-order valence-electron chi connectivity index (χ0n) is 16.7. The zero-order valence-corrected chi connectivity index (χ0v) is 16.7. The van der Waals surface area contributed by atoms with Gasteiger partial charge in [-0.2, -0.15) is 8.78 Å². The van der Waals surface area contributed by atoms with Crippen LogP contribution in [0.1, 0.15) is 21.9 Å². The Bertz CT molecular complexity index is 1280. The number of nitrogens with one attached hydrogen (secondary N) is 1. The Morgan fingerprint density at radius 3 is 1.94 bits per heavy atom. The molecule has 178 valence electrons. The van der Waals surface area contributed by atoms with Gasteiger partial charge in [-0.1, -0.05) is 0 Å². The first-order chi connectivity index (χ1) is 15.9. The number of nitro benzene ring substituents is 2. The van der Waals surface area contributed by atoms with E-state index < -0.39 is 74.3 Å². The summed E-state index contributed by atoms with van der Waals surface area (Å²) in [6, 6.07) is 3.90. The van der Waals surface area contributed by atoms with Crippen molar-refractivity contribution in [2.24, 2.45) is 0 Å². The van der Waals surface area contributed by atoms with E-state index in [9.17, 15) is 47.0 Å². The number of carbonyl (C=O) groups excluding carboxylic acids is 1. The molecule has 0 radical (unpaired) electrons. The molecule has 10 nitrogen and oxygen atoms in total. The van der Waals surface area contributed by atoms with Gasteiger partial charge in [-0.25, -0.2) is 13.2 Å². The Hall–Kier alpha value is -4.56. The van der Waals surface area contributed by atoms with Gasteiger partial charge in [0.25, 0.3) is 17.3 Å². The van der Waals surface area contributed by atoms with Gasteiger partial charge in [-0.05, 0) is 19.1 Å². The third kappa shape index (κ3) is 4.48. The molecular formula is C19H10F5N3O7. The van der Waals surface area contributed by atoms with Gasteiger partial charge in [0.15, 0.2) is 11.5 Å². The van der Waals surface area contributed by atoms with Crippen LogP contribution < -0.4 is 10.1 Å². The lowest BCUT2D eigenvalue weighted by Crippen LogP contribution is -2.12. The maximum Gasteiger partial charge on any atom is 0.291 e. The van der Waals surface area contributed by atoms with E-state index in [2.05, 4.69) is 10.1 Å². The van der Waals surface area contributed by atoms with E-state index in [0.29, 0.717) is 0 Å². The number of amides is 1. The number of hydrogen-bond acceptors (Lipinski definition) is 7. The van der Waals surface area contributed by atoms with Crippen molar-refractivity contribution < 1.29 is 45.7 Å². The van der Waals surface area contributed by atoms with Crippen molar-refractivity contribution in [3.63, 3.8) is 0 Å². The van der Waals surface area contributed by atoms with Gasteiger partial charge in [0.2, 0.25) is 29.1 Å². The molecular weight excluding hydrogens is 477 g/mol. The first-order valence-electron chi connectivity index (χ1n) is 8.90. The number of halogens is 5. The fourth-order valence-electron chi connectivity index (χ4n) is 2.76. The Morgan fingerprint density at radius 1 is 0.941 bits per heavy atom. The molecule has 34 heavy (non-hydrogen) atoms. The summed E-state index contributed by atoms with van der Waals surface area (Å²) >= 11 is 0. The number of nitro groups is 2. The van der Waals surface area contributed by atoms with Crippen molar-refractivity contribution in [3.8, 4) is 5.75 Å². The number of benzene rings is 2. The lowest BCUT2D eigenvalue weighted by molar-refractivity contribution is -0.395. The second-order valence-electron chi connectivity index (χ2n) is 6.56. The van der Waals surface area contributed by atoms with Crippen molar-refractivity contribution in [3.05, 3.63) is 90.7 Å². The predicted molar refractivity (Wildman–Crippen MR) is 102 cm³/mol. The smallest absolute Gasteiger partial charge is 0.291 e. The van der Waals surface area contributed by atoms with Crippen molar-refractivity contribution in [1.82, 2.24) is 0 Å². The van der Waals surface area contributed by atoms with E-state index in [-0.39, 0.29) is 17.0 Å². The predicted octanol–water partition coefficient (Wildman–Crippen LogP) is 4.93. The zero-order chi connectivity index (χ0) is 25.3. The molecule has 3 aromatic rings. The average Bonchev–Trinajstić information content (AvgIpc) is 3.26. The molecule has 0 saturated heterocycles. The molecule has 3 rings (SSSR count). The summed E-state index contributed by atoms with van der Waals surface area (Å²) in [6.45, 7) is 0.318. The van der Waals surface area contributed by atoms with Crippen LogP contribution in [0.25, 0.3) is 0 Å². The van der Waals surface area contributed by atoms with Gasteiger partial charge in [0.1, 0.15) is 17.9 Å². The number of hydrogen-bond donors (Lipinski definition) is 1. The van der Waals surface area contributed by atoms with Crippen LogP contribution in [0.5, 0.6) is 5.75 Å². The van der Waals surface area contributed by atoms with Crippen LogP contribution in [0.15, 0.2) is 28.7 Å². The molecule has 0 aliphatic heterocycles. The Balaban J connectivity index is 1.79. The number of ether oxygens (including phenoxy) is 1. The van der Waals surface area contributed by atoms with Gasteiger partial charge in [-0.3, -0.25) is 25.0 Å². The minimum absolute atomic E-state index is 0.237. The first-order valence-corrected chi connectivity index (χ1v) is 8.90. The van der Waals surface area contributed by atoms with E-state index >= 15 is 0 Å². The van der Waals surface area contributed by atoms with Crippen molar-refractivity contribution in [2.45, 2.75) is 13.5 Å². The minimum atomic E-state index is -2.36. The largest absolute Gasteiger partial charge is 0.479 e. The highest BCUT2D eigenvalue weighted by molar-refractivity contribution is 6.02. The number of nitrogens with zero attached hydrogens (tertiary/aromatic N) is 2. The van der Waals surface area contributed by atoms with Crippen molar-refractivity contribution in [1.29, 1.82) is 0 Å². The minimum Gasteiger partial charge on any atom is -0.479 e. The summed E-state index contributed by atoms with van der Waals surface area (Å²) in [4.78, 5) is 32.8. The van der Waals surface area contributed by atoms with Crippen LogP contribution in [0.4, 0.5) is 39.0 Å². The standard InChI is InChI=1S/C19H10F5N3O7/c1-7-10(26(29)30)4-8(5-11(7)27(31)32)25-19(28)12-3-2-9(34-12)6-33-18-16(23)14(21)13(20)15(22)17(18)24/h2-5H,6H2,1H3,(H,25,28). The van der Waals surface area contributed by atoms with Gasteiger partial charge >= 0.3 is 0 Å². The summed E-state index contributed by atoms with van der Waals surface area (Å²) in [6.07, 6.45) is 0. The molecule has 0 spiro atoms. The molecule has 1 N–H and O–H groups in total. The average molecular weight is 487 g/mol. The summed E-state index contributed by atoms with van der Waals surface area (Å²) < 4.78 is 76.5. The highest BCUT2D eigenvalue weighted by Crippen LogP contribution is 2.32. The van der Waals surface area contributed by atoms with Crippen molar-refractivity contribution >= 4 is 23.0 Å². The molecule has 0 aliphatic rings. The molecule has 1 amide bonds. The normalized spacial score (nSPS) is 10.8. The van der Waals surface area contributed by atoms with Crippen LogP contribution in [-0.2, 0) is 6.61 Å². The Morgan fingerprint density at radius 2 is 1.44 bits per heavy atom. The van der Waals surface area contributed by atoms with Gasteiger partial charge < -0.3 is 14.5 Å². The second-order valence-corrected chi connectivity index (χ2v) is 6.56. The molecule has 0 unspecified atom stereocenters. The van der Waals surface area contributed by atoms with Crippen LogP contribution in [0.2, 0.25) is 0 Å². The fraction of sp³-hybridized carbons (Fsp3) is 0.105. The van der Waals surface area contributed by atoms with Crippen LogP contribution in [0, 0.1) is 56.2 Å². The van der Waals surface area contributed by atoms with E-state index in [4.69, 9.17) is 4.42 Å². The Labute approximate surface area is 184 Å². The number of carbonyl (C=O) groups is 1. The van der Waals surface area contributed by atoms with E-state index in [0.717, 1.165) is 31.2 Å². The fourth-order valence-corrected chi connectivity index (χ4v) is 2.76. The van der Waals surface area contributed by atoms with Gasteiger partial charge in [0, 0.05) is 12.1 Å². The topological polar surface area (TPSA) is 138 Å². The van der Waals surface area contributed by atoms with Gasteiger partial charge in [0.05, 0.1) is 15.5 Å². The highest BCUT2D eigenvalue weighted by Gasteiger charge is 2.28. The van der Waals surface area contributed by atoms with Crippen LogP contribution >= 0.6 is 0 Å². The van der Waals surface area contributed by atoms with Crippen molar-refractivity contribution in [2.75, 3.05) is 5.32 Å². The third-order valence-corrected chi connectivity index (χ3v) is 4.42. The van der Waals surface area contributed by atoms with E-state index in [1.807, 2.05) is 0 Å². The summed E-state index contributed by atoms with van der Waals surface area (Å²) in [7, 11) is 0. The van der Waals surface area contributed by atoms with Crippen LogP contribution in [0.3, 0.4) is 0 Å². The summed E-state index contributed by atoms with van der Waals surface area (Å²) in [5.41, 5.74) is -1.79. The molecule has 0 atom stereocenters. The SMILES string of the molecule is Cc1c([N+](=O)[O-])cc(NC(=O)c2ccc(COc3c(F)c(F)c(F)c(F)c3F)o2)cc1[N+](=O)[O-]. The lowest BCUT2D eigenvalue weighted by atomic mass is 10.1. The van der Waals surface area contributed by atoms with E-state index in [1.54, 1.807) is 0 Å². The highest BCUT2D eigenvalue weighted by atomic mass is 19.2. The molecule has 0 fully saturated rings. The second kappa shape index (κ2) is 9.13. The summed E-state index contributed by atoms with van der Waals surface area (Å²) in [5, 5.41) is 24.4. The third-order valence-electron chi connectivity index (χ3n) is 4.42. The molecule has 0 bridgehead atoms. The van der Waals surface area contributed by atoms with Gasteiger partial charge in [-0.15, -0.1) is 0 Å². The Kier molecular flexibility index (Phi) is 6.47. The number of anilines is 1. The molecule has 2 aromatic carbocycles. The lowest BCUT2D eigenvalue weighted by Gasteiger charge is -2.09. The molecule has 1 aromatic heterocycles. The maximum atomic E-state index is 13.7. The van der Waals surface area contributed by atoms with Crippen LogP contribution in [-0.4, -0.2) is 15.8 Å².